The maximum absolute atomic E-state index is 11.2. The Kier molecular flexibility index (Phi) is 1.47. The summed E-state index contributed by atoms with van der Waals surface area (Å²) in [6, 6.07) is 9.10. The quantitative estimate of drug-likeness (QED) is 0.580. The first kappa shape index (κ1) is 6.55. The van der Waals surface area contributed by atoms with Gasteiger partial charge < -0.3 is 0 Å². The summed E-state index contributed by atoms with van der Waals surface area (Å²) in [6.07, 6.45) is 0. The summed E-state index contributed by atoms with van der Waals surface area (Å²) in [6.45, 7) is 0. The number of rotatable bonds is 0. The fourth-order valence-electron chi connectivity index (χ4n) is 1.04. The van der Waals surface area contributed by atoms with Crippen molar-refractivity contribution in [2.24, 2.45) is 0 Å². The summed E-state index contributed by atoms with van der Waals surface area (Å²) in [5, 5.41) is 1.97. The molecule has 1 nitrogen and oxygen atoms in total. The van der Waals surface area contributed by atoms with Crippen molar-refractivity contribution in [2.75, 3.05) is 0 Å². The molecule has 1 aliphatic heterocycles. The molecule has 1 heterocycles. The van der Waals surface area contributed by atoms with Gasteiger partial charge in [0, 0.05) is 10.4 Å². The maximum atomic E-state index is 11.2. The molecule has 0 spiro atoms. The van der Waals surface area contributed by atoms with Crippen LogP contribution in [0, 0.1) is 0 Å². The van der Waals surface area contributed by atoms with Crippen molar-refractivity contribution in [1.29, 1.82) is 0 Å². The van der Waals surface area contributed by atoms with Crippen molar-refractivity contribution in [2.45, 2.75) is 0 Å². The summed E-state index contributed by atoms with van der Waals surface area (Å²) in [4.78, 5) is 12.2. The summed E-state index contributed by atoms with van der Waals surface area (Å²) < 4.78 is 0. The van der Waals surface area contributed by atoms with Gasteiger partial charge in [-0.15, -0.1) is 11.3 Å². The Hall–Kier alpha value is -1.15. The van der Waals surface area contributed by atoms with Crippen LogP contribution in [0.5, 0.6) is 0 Å². The molecule has 0 amide bonds. The zero-order chi connectivity index (χ0) is 7.68. The summed E-state index contributed by atoms with van der Waals surface area (Å²) >= 11 is 1.59. The van der Waals surface area contributed by atoms with E-state index < -0.39 is 0 Å². The van der Waals surface area contributed by atoms with Gasteiger partial charge in [-0.05, 0) is 23.6 Å². The van der Waals surface area contributed by atoms with Gasteiger partial charge in [0.1, 0.15) is 0 Å². The summed E-state index contributed by atoms with van der Waals surface area (Å²) in [5.74, 6) is 0. The van der Waals surface area contributed by atoms with Crippen LogP contribution in [-0.4, -0.2) is 0 Å². The molecule has 0 aromatic heterocycles. The van der Waals surface area contributed by atoms with E-state index in [0.29, 0.717) is 0 Å². The van der Waals surface area contributed by atoms with E-state index in [1.807, 2.05) is 23.6 Å². The smallest absolute Gasteiger partial charge is 0.187 e. The van der Waals surface area contributed by atoms with E-state index in [2.05, 4.69) is 0 Å². The Bertz CT molecular complexity index is 391. The lowest BCUT2D eigenvalue weighted by atomic mass is 10.2. The van der Waals surface area contributed by atoms with Crippen LogP contribution in [0.15, 0.2) is 40.5 Å². The predicted octanol–water partition coefficient (Wildman–Crippen LogP) is 2.21. The third-order valence-electron chi connectivity index (χ3n) is 1.56. The lowest BCUT2D eigenvalue weighted by Crippen LogP contribution is -2.00. The number of hydrogen-bond donors (Lipinski definition) is 0. The topological polar surface area (TPSA) is 17.1 Å². The molecular formula is C9H6OS. The Labute approximate surface area is 68.3 Å². The molecule has 0 atom stereocenters. The first-order chi connectivity index (χ1) is 5.38. The van der Waals surface area contributed by atoms with Gasteiger partial charge in [-0.1, -0.05) is 12.1 Å². The van der Waals surface area contributed by atoms with E-state index in [4.69, 9.17) is 0 Å². The maximum Gasteiger partial charge on any atom is 0.187 e. The van der Waals surface area contributed by atoms with Crippen molar-refractivity contribution < 1.29 is 0 Å². The van der Waals surface area contributed by atoms with Crippen LogP contribution in [0.1, 0.15) is 0 Å². The average Bonchev–Trinajstić information content (AvgIpc) is 2.06. The minimum absolute atomic E-state index is 0.111. The molecular weight excluding hydrogens is 156 g/mol. The Morgan fingerprint density at radius 2 is 2.00 bits per heavy atom. The fraction of sp³-hybridized carbons (Fsp3) is 0. The number of benzene rings is 1. The van der Waals surface area contributed by atoms with Crippen molar-refractivity contribution in [3.05, 3.63) is 45.9 Å². The largest absolute Gasteiger partial charge is 0.289 e. The minimum atomic E-state index is 0.111. The van der Waals surface area contributed by atoms with E-state index in [9.17, 15) is 4.79 Å². The van der Waals surface area contributed by atoms with Crippen LogP contribution in [-0.2, 0) is 0 Å². The lowest BCUT2D eigenvalue weighted by Gasteiger charge is -1.98. The molecule has 0 fully saturated rings. The highest BCUT2D eigenvalue weighted by Gasteiger charge is 2.01. The van der Waals surface area contributed by atoms with Gasteiger partial charge in [-0.2, -0.15) is 0 Å². The SMILES string of the molecule is O=c1cccc2scccc1-2. The fourth-order valence-corrected chi connectivity index (χ4v) is 1.80. The molecule has 0 aromatic carbocycles. The molecule has 2 rings (SSSR count). The standard InChI is InChI=1S/C9H6OS/c10-8-4-1-5-9-7(8)3-2-6-11-9/h1-6H. The van der Waals surface area contributed by atoms with Gasteiger partial charge in [0.15, 0.2) is 5.43 Å². The molecule has 0 saturated heterocycles. The third kappa shape index (κ3) is 1.05. The third-order valence-corrected chi connectivity index (χ3v) is 2.47. The second-order valence-electron chi connectivity index (χ2n) is 2.28. The highest BCUT2D eigenvalue weighted by Crippen LogP contribution is 2.20. The molecule has 0 bridgehead atoms. The Morgan fingerprint density at radius 3 is 2.82 bits per heavy atom. The number of hydrogen-bond acceptors (Lipinski definition) is 2. The molecule has 11 heavy (non-hydrogen) atoms. The summed E-state index contributed by atoms with van der Waals surface area (Å²) in [5.41, 5.74) is 0.930. The van der Waals surface area contributed by atoms with Crippen LogP contribution in [0.25, 0.3) is 10.4 Å². The van der Waals surface area contributed by atoms with Crippen LogP contribution in [0.2, 0.25) is 0 Å². The predicted molar refractivity (Wildman–Crippen MR) is 47.2 cm³/mol. The molecule has 54 valence electrons. The monoisotopic (exact) mass is 162 g/mol. The molecule has 0 saturated carbocycles. The second kappa shape index (κ2) is 2.47. The van der Waals surface area contributed by atoms with E-state index in [1.54, 1.807) is 23.5 Å². The molecule has 2 heteroatoms. The second-order valence-corrected chi connectivity index (χ2v) is 3.23. The molecule has 1 aliphatic carbocycles. The van der Waals surface area contributed by atoms with E-state index in [-0.39, 0.29) is 5.43 Å². The molecule has 2 aliphatic rings. The minimum Gasteiger partial charge on any atom is -0.289 e. The zero-order valence-electron chi connectivity index (χ0n) is 5.78. The molecule has 0 unspecified atom stereocenters. The van der Waals surface area contributed by atoms with Crippen LogP contribution in [0.4, 0.5) is 0 Å². The van der Waals surface area contributed by atoms with E-state index >= 15 is 0 Å². The van der Waals surface area contributed by atoms with Crippen LogP contribution >= 0.6 is 11.3 Å². The normalized spacial score (nSPS) is 10.2. The van der Waals surface area contributed by atoms with Crippen LogP contribution < -0.4 is 5.43 Å². The van der Waals surface area contributed by atoms with E-state index in [1.165, 1.54) is 0 Å². The van der Waals surface area contributed by atoms with Crippen molar-refractivity contribution in [3.63, 3.8) is 0 Å². The first-order valence-corrected chi connectivity index (χ1v) is 4.22. The zero-order valence-corrected chi connectivity index (χ0v) is 6.60. The first-order valence-electron chi connectivity index (χ1n) is 3.34. The van der Waals surface area contributed by atoms with Gasteiger partial charge in [-0.3, -0.25) is 4.79 Å². The average molecular weight is 162 g/mol. The lowest BCUT2D eigenvalue weighted by molar-refractivity contribution is 1.58. The molecule has 0 aromatic rings. The van der Waals surface area contributed by atoms with Gasteiger partial charge in [-0.25, -0.2) is 0 Å². The van der Waals surface area contributed by atoms with Gasteiger partial charge in [0.05, 0.1) is 0 Å². The number of fused-ring (bicyclic) bond motifs is 1. The Balaban J connectivity index is 2.90. The van der Waals surface area contributed by atoms with Crippen LogP contribution in [0.3, 0.4) is 0 Å². The molecule has 0 radical (unpaired) electrons. The highest BCUT2D eigenvalue weighted by atomic mass is 32.1. The van der Waals surface area contributed by atoms with Gasteiger partial charge in [0.25, 0.3) is 0 Å². The van der Waals surface area contributed by atoms with E-state index in [0.717, 1.165) is 10.4 Å². The highest BCUT2D eigenvalue weighted by molar-refractivity contribution is 7.13. The van der Waals surface area contributed by atoms with Gasteiger partial charge in [0.2, 0.25) is 0 Å². The van der Waals surface area contributed by atoms with Crippen molar-refractivity contribution in [1.82, 2.24) is 0 Å². The van der Waals surface area contributed by atoms with Crippen molar-refractivity contribution in [3.8, 4) is 10.4 Å². The molecule has 0 N–H and O–H groups in total. The van der Waals surface area contributed by atoms with Gasteiger partial charge >= 0.3 is 0 Å². The van der Waals surface area contributed by atoms with Crippen molar-refractivity contribution >= 4 is 11.3 Å². The summed E-state index contributed by atoms with van der Waals surface area (Å²) in [7, 11) is 0. The Morgan fingerprint density at radius 1 is 1.09 bits per heavy atom.